The molecule has 2 fully saturated rings. The van der Waals surface area contributed by atoms with Crippen LogP contribution >= 0.6 is 0 Å². The first-order chi connectivity index (χ1) is 26.4. The molecular weight excluding hydrogens is 661 g/mol. The first-order valence-electron chi connectivity index (χ1n) is 19.4. The van der Waals surface area contributed by atoms with Crippen molar-refractivity contribution in [3.05, 3.63) is 131 Å². The Morgan fingerprint density at radius 3 is 1.78 bits per heavy atom. The van der Waals surface area contributed by atoms with E-state index in [4.69, 9.17) is 0 Å². The van der Waals surface area contributed by atoms with Gasteiger partial charge in [0.1, 0.15) is 0 Å². The van der Waals surface area contributed by atoms with Gasteiger partial charge in [-0.25, -0.2) is 0 Å². The lowest BCUT2D eigenvalue weighted by Gasteiger charge is -2.21. The largest absolute Gasteiger partial charge is 0.305 e. The van der Waals surface area contributed by atoms with Gasteiger partial charge in [-0.15, -0.1) is 0 Å². The molecule has 2 heterocycles. The molecule has 0 spiro atoms. The summed E-state index contributed by atoms with van der Waals surface area (Å²) in [6, 6.07) is 44.0. The standard InChI is InChI=1S/C48H48N6/c1-51-18-6-20-53(24-22-51)33-35-12-16-43(41(26-35)31-49)40-28-38-8-3-4-10-44(38)48(30-40)39-15-14-37-9-5-11-46(47(37)29-39)45-17-13-36(27-42(45)32-50)34-54-21-7-19-52(2)23-25-54/h3-5,8-17,26-30H,6-7,18-25,33-34H2,1-2H3. The van der Waals surface area contributed by atoms with Crippen LogP contribution in [0.3, 0.4) is 0 Å². The quantitative estimate of drug-likeness (QED) is 0.165. The number of hydrogen-bond donors (Lipinski definition) is 0. The lowest BCUT2D eigenvalue weighted by Crippen LogP contribution is -2.28. The molecule has 6 aromatic rings. The Hall–Kier alpha value is -5.34. The van der Waals surface area contributed by atoms with Crippen LogP contribution in [-0.4, -0.2) is 86.1 Å². The minimum atomic E-state index is 0.706. The molecule has 0 unspecified atom stereocenters. The Morgan fingerprint density at radius 1 is 0.463 bits per heavy atom. The molecule has 6 nitrogen and oxygen atoms in total. The van der Waals surface area contributed by atoms with Crippen molar-refractivity contribution in [1.29, 1.82) is 10.5 Å². The molecule has 0 N–H and O–H groups in total. The fourth-order valence-electron chi connectivity index (χ4n) is 8.46. The van der Waals surface area contributed by atoms with E-state index in [0.717, 1.165) is 115 Å². The molecule has 0 saturated carbocycles. The Bertz CT molecular complexity index is 2400. The predicted molar refractivity (Wildman–Crippen MR) is 222 cm³/mol. The smallest absolute Gasteiger partial charge is 0.0998 e. The van der Waals surface area contributed by atoms with Crippen molar-refractivity contribution in [3.63, 3.8) is 0 Å². The van der Waals surface area contributed by atoms with Gasteiger partial charge in [-0.05, 0) is 144 Å². The molecule has 270 valence electrons. The molecule has 8 rings (SSSR count). The van der Waals surface area contributed by atoms with Gasteiger partial charge in [-0.3, -0.25) is 9.80 Å². The molecule has 0 bridgehead atoms. The molecule has 0 aliphatic carbocycles. The molecular formula is C48H48N6. The van der Waals surface area contributed by atoms with Gasteiger partial charge in [0.05, 0.1) is 23.3 Å². The fourth-order valence-corrected chi connectivity index (χ4v) is 8.46. The van der Waals surface area contributed by atoms with Gasteiger partial charge in [0.15, 0.2) is 0 Å². The number of nitriles is 2. The Labute approximate surface area is 320 Å². The van der Waals surface area contributed by atoms with Crippen LogP contribution in [0, 0.1) is 22.7 Å². The average molecular weight is 709 g/mol. The van der Waals surface area contributed by atoms with E-state index in [2.05, 4.69) is 155 Å². The van der Waals surface area contributed by atoms with Crippen molar-refractivity contribution in [2.45, 2.75) is 25.9 Å². The van der Waals surface area contributed by atoms with Crippen molar-refractivity contribution < 1.29 is 0 Å². The number of hydrogen-bond acceptors (Lipinski definition) is 6. The van der Waals surface area contributed by atoms with Gasteiger partial charge in [-0.2, -0.15) is 10.5 Å². The third-order valence-corrected chi connectivity index (χ3v) is 11.5. The van der Waals surface area contributed by atoms with Crippen LogP contribution in [-0.2, 0) is 13.1 Å². The van der Waals surface area contributed by atoms with Gasteiger partial charge in [0.25, 0.3) is 0 Å². The highest BCUT2D eigenvalue weighted by Gasteiger charge is 2.18. The summed E-state index contributed by atoms with van der Waals surface area (Å²) in [5.74, 6) is 0. The SMILES string of the molecule is CN1CCCN(Cc2ccc(-c3cc(-c4ccc5cccc(-c6ccc(CN7CCCN(C)CC7)cc6C#N)c5c4)c4ccccc4c3)c(C#N)c2)CC1. The Balaban J connectivity index is 1.15. The highest BCUT2D eigenvalue weighted by atomic mass is 15.2. The molecule has 0 radical (unpaired) electrons. The van der Waals surface area contributed by atoms with Crippen LogP contribution in [0.25, 0.3) is 54.9 Å². The zero-order valence-electron chi connectivity index (χ0n) is 31.6. The minimum absolute atomic E-state index is 0.706. The van der Waals surface area contributed by atoms with Gasteiger partial charge >= 0.3 is 0 Å². The zero-order chi connectivity index (χ0) is 37.0. The van der Waals surface area contributed by atoms with Crippen molar-refractivity contribution in [2.24, 2.45) is 0 Å². The summed E-state index contributed by atoms with van der Waals surface area (Å²) in [6.07, 6.45) is 2.33. The van der Waals surface area contributed by atoms with E-state index in [0.29, 0.717) is 11.1 Å². The Kier molecular flexibility index (Phi) is 10.5. The second kappa shape index (κ2) is 15.9. The number of likely N-dealkylation sites (N-methyl/N-ethyl adjacent to an activating group) is 2. The molecule has 54 heavy (non-hydrogen) atoms. The van der Waals surface area contributed by atoms with Gasteiger partial charge in [-0.1, -0.05) is 78.9 Å². The predicted octanol–water partition coefficient (Wildman–Crippen LogP) is 9.01. The second-order valence-electron chi connectivity index (χ2n) is 15.3. The summed E-state index contributed by atoms with van der Waals surface area (Å²) in [5.41, 5.74) is 10.0. The maximum absolute atomic E-state index is 10.4. The summed E-state index contributed by atoms with van der Waals surface area (Å²) >= 11 is 0. The maximum atomic E-state index is 10.4. The molecule has 0 atom stereocenters. The van der Waals surface area contributed by atoms with E-state index in [1.54, 1.807) is 0 Å². The van der Waals surface area contributed by atoms with Crippen LogP contribution in [0.5, 0.6) is 0 Å². The lowest BCUT2D eigenvalue weighted by atomic mass is 9.88. The first-order valence-corrected chi connectivity index (χ1v) is 19.4. The van der Waals surface area contributed by atoms with E-state index in [-0.39, 0.29) is 0 Å². The van der Waals surface area contributed by atoms with Gasteiger partial charge < -0.3 is 9.80 Å². The third-order valence-electron chi connectivity index (χ3n) is 11.5. The molecule has 2 aliphatic rings. The summed E-state index contributed by atoms with van der Waals surface area (Å²) in [5, 5.41) is 25.4. The second-order valence-corrected chi connectivity index (χ2v) is 15.3. The highest BCUT2D eigenvalue weighted by Crippen LogP contribution is 2.39. The van der Waals surface area contributed by atoms with Crippen molar-refractivity contribution in [3.8, 4) is 45.5 Å². The van der Waals surface area contributed by atoms with Crippen molar-refractivity contribution >= 4 is 21.5 Å². The molecule has 2 aliphatic heterocycles. The normalized spacial score (nSPS) is 16.5. The summed E-state index contributed by atoms with van der Waals surface area (Å²) in [6.45, 7) is 10.4. The number of benzene rings is 6. The van der Waals surface area contributed by atoms with Crippen molar-refractivity contribution in [2.75, 3.05) is 66.5 Å². The lowest BCUT2D eigenvalue weighted by molar-refractivity contribution is 0.269. The molecule has 0 amide bonds. The zero-order valence-corrected chi connectivity index (χ0v) is 31.6. The molecule has 2 saturated heterocycles. The van der Waals surface area contributed by atoms with E-state index < -0.39 is 0 Å². The van der Waals surface area contributed by atoms with E-state index in [9.17, 15) is 10.5 Å². The number of fused-ring (bicyclic) bond motifs is 2. The highest BCUT2D eigenvalue weighted by molar-refractivity contribution is 6.05. The van der Waals surface area contributed by atoms with E-state index in [1.807, 2.05) is 0 Å². The summed E-state index contributed by atoms with van der Waals surface area (Å²) in [7, 11) is 4.39. The van der Waals surface area contributed by atoms with Crippen LogP contribution < -0.4 is 0 Å². The third kappa shape index (κ3) is 7.66. The molecule has 0 aromatic heterocycles. The van der Waals surface area contributed by atoms with E-state index in [1.165, 1.54) is 29.4 Å². The summed E-state index contributed by atoms with van der Waals surface area (Å²) in [4.78, 5) is 9.81. The van der Waals surface area contributed by atoms with Crippen LogP contribution in [0.4, 0.5) is 0 Å². The topological polar surface area (TPSA) is 60.5 Å². The summed E-state index contributed by atoms with van der Waals surface area (Å²) < 4.78 is 0. The fraction of sp³-hybridized carbons (Fsp3) is 0.292. The Morgan fingerprint density at radius 2 is 1.09 bits per heavy atom. The molecule has 6 aromatic carbocycles. The number of rotatable bonds is 7. The monoisotopic (exact) mass is 708 g/mol. The first kappa shape index (κ1) is 35.7. The molecule has 6 heteroatoms. The van der Waals surface area contributed by atoms with Crippen LogP contribution in [0.2, 0.25) is 0 Å². The number of nitrogens with zero attached hydrogens (tertiary/aromatic N) is 6. The van der Waals surface area contributed by atoms with Gasteiger partial charge in [0, 0.05) is 44.8 Å². The van der Waals surface area contributed by atoms with Crippen LogP contribution in [0.15, 0.2) is 109 Å². The van der Waals surface area contributed by atoms with Gasteiger partial charge in [0.2, 0.25) is 0 Å². The van der Waals surface area contributed by atoms with Crippen LogP contribution in [0.1, 0.15) is 35.1 Å². The minimum Gasteiger partial charge on any atom is -0.305 e. The van der Waals surface area contributed by atoms with Crippen molar-refractivity contribution in [1.82, 2.24) is 19.6 Å². The van der Waals surface area contributed by atoms with E-state index >= 15 is 0 Å². The maximum Gasteiger partial charge on any atom is 0.0998 e. The average Bonchev–Trinajstić information content (AvgIpc) is 3.55.